The lowest BCUT2D eigenvalue weighted by Crippen LogP contribution is -2.36. The molecule has 4 aromatic rings. The van der Waals surface area contributed by atoms with Crippen LogP contribution in [0, 0.1) is 0 Å². The number of nitrogens with zero attached hydrogens (tertiary/aromatic N) is 4. The highest BCUT2D eigenvalue weighted by Crippen LogP contribution is 2.35. The van der Waals surface area contributed by atoms with Gasteiger partial charge in [-0.15, -0.1) is 0 Å². The molecule has 0 fully saturated rings. The van der Waals surface area contributed by atoms with Crippen LogP contribution < -0.4 is 0 Å². The number of aliphatic hydroxyl groups is 1. The van der Waals surface area contributed by atoms with Crippen LogP contribution in [-0.2, 0) is 34.6 Å². The number of esters is 1. The van der Waals surface area contributed by atoms with Gasteiger partial charge in [-0.1, -0.05) is 47.5 Å². The third kappa shape index (κ3) is 5.21. The van der Waals surface area contributed by atoms with E-state index < -0.39 is 5.60 Å². The van der Waals surface area contributed by atoms with Crippen molar-refractivity contribution in [1.82, 2.24) is 19.3 Å². The lowest BCUT2D eigenvalue weighted by Gasteiger charge is -2.30. The minimum atomic E-state index is -1.41. The summed E-state index contributed by atoms with van der Waals surface area (Å²) in [5.41, 5.74) is 1.08. The van der Waals surface area contributed by atoms with Crippen molar-refractivity contribution in [3.8, 4) is 0 Å². The van der Waals surface area contributed by atoms with Gasteiger partial charge in [0, 0.05) is 39.1 Å². The second-order valence-corrected chi connectivity index (χ2v) is 8.70. The highest BCUT2D eigenvalue weighted by atomic mass is 35.5. The molecule has 2 aromatic carbocycles. The number of rotatable bonds is 9. The lowest BCUT2D eigenvalue weighted by atomic mass is 9.93. The molecule has 4 rings (SSSR count). The quantitative estimate of drug-likeness (QED) is 0.349. The Bertz CT molecular complexity index is 1260. The molecular weight excluding hydrogens is 463 g/mol. The molecule has 9 heteroatoms. The zero-order valence-corrected chi connectivity index (χ0v) is 19.6. The van der Waals surface area contributed by atoms with Crippen molar-refractivity contribution >= 4 is 40.1 Å². The van der Waals surface area contributed by atoms with Crippen LogP contribution in [0.25, 0.3) is 10.9 Å². The second-order valence-electron chi connectivity index (χ2n) is 7.85. The molecule has 1 N–H and O–H groups in total. The number of para-hydroxylation sites is 1. The van der Waals surface area contributed by atoms with Crippen molar-refractivity contribution in [2.24, 2.45) is 0 Å². The monoisotopic (exact) mass is 486 g/mol. The molecule has 2 aromatic heterocycles. The number of aryl methyl sites for hydroxylation is 1. The largest absolute Gasteiger partial charge is 0.466 e. The van der Waals surface area contributed by atoms with E-state index in [1.54, 1.807) is 36.1 Å². The summed E-state index contributed by atoms with van der Waals surface area (Å²) in [5, 5.41) is 18.0. The molecule has 2 heterocycles. The van der Waals surface area contributed by atoms with Crippen molar-refractivity contribution in [1.29, 1.82) is 0 Å². The average molecular weight is 487 g/mol. The van der Waals surface area contributed by atoms with Gasteiger partial charge in [0.1, 0.15) is 18.3 Å². The summed E-state index contributed by atoms with van der Waals surface area (Å²) in [5.74, 6) is -0.232. The van der Waals surface area contributed by atoms with Crippen LogP contribution in [0.1, 0.15) is 24.5 Å². The maximum Gasteiger partial charge on any atom is 0.306 e. The molecule has 0 aliphatic heterocycles. The number of hydrogen-bond acceptors (Lipinski definition) is 5. The van der Waals surface area contributed by atoms with Gasteiger partial charge < -0.3 is 14.4 Å². The summed E-state index contributed by atoms with van der Waals surface area (Å²) in [4.78, 5) is 15.9. The van der Waals surface area contributed by atoms with Crippen LogP contribution in [0.15, 0.2) is 61.3 Å². The van der Waals surface area contributed by atoms with Gasteiger partial charge >= 0.3 is 5.97 Å². The van der Waals surface area contributed by atoms with Crippen molar-refractivity contribution in [3.05, 3.63) is 82.5 Å². The van der Waals surface area contributed by atoms with Crippen LogP contribution in [0.2, 0.25) is 10.0 Å². The molecule has 0 bridgehead atoms. The van der Waals surface area contributed by atoms with Crippen LogP contribution in [-0.4, -0.2) is 37.0 Å². The topological polar surface area (TPSA) is 82.2 Å². The van der Waals surface area contributed by atoms with Gasteiger partial charge in [0.05, 0.1) is 19.7 Å². The standard InChI is InChI=1S/C24H24Cl2N4O3/c1-2-33-23(31)10-7-17-12-29(22-6-4-3-5-19(17)22)13-24(32,14-30-16-27-15-28-30)20-9-8-18(25)11-21(20)26/h3-6,8-9,11-12,15-16,32H,2,7,10,13-14H2,1H3/t24-/m1/s1. The van der Waals surface area contributed by atoms with Gasteiger partial charge in [-0.25, -0.2) is 9.67 Å². The Morgan fingerprint density at radius 3 is 2.73 bits per heavy atom. The minimum Gasteiger partial charge on any atom is -0.466 e. The van der Waals surface area contributed by atoms with Crippen molar-refractivity contribution < 1.29 is 14.6 Å². The zero-order chi connectivity index (χ0) is 23.4. The van der Waals surface area contributed by atoms with Gasteiger partial charge in [0.25, 0.3) is 0 Å². The molecule has 0 saturated carbocycles. The van der Waals surface area contributed by atoms with Crippen LogP contribution in [0.5, 0.6) is 0 Å². The van der Waals surface area contributed by atoms with Gasteiger partial charge in [-0.05, 0) is 37.1 Å². The van der Waals surface area contributed by atoms with Crippen LogP contribution in [0.3, 0.4) is 0 Å². The smallest absolute Gasteiger partial charge is 0.306 e. The molecule has 1 atom stereocenters. The normalized spacial score (nSPS) is 13.2. The summed E-state index contributed by atoms with van der Waals surface area (Å²) in [6.45, 7) is 2.49. The molecule has 33 heavy (non-hydrogen) atoms. The number of hydrogen-bond donors (Lipinski definition) is 1. The molecule has 7 nitrogen and oxygen atoms in total. The first-order chi connectivity index (χ1) is 15.9. The van der Waals surface area contributed by atoms with Gasteiger partial charge in [-0.3, -0.25) is 4.79 Å². The number of carbonyl (C=O) groups is 1. The van der Waals surface area contributed by atoms with Crippen LogP contribution in [0.4, 0.5) is 0 Å². The first kappa shape index (κ1) is 23.3. The summed E-state index contributed by atoms with van der Waals surface area (Å²) in [6, 6.07) is 12.9. The number of aromatic nitrogens is 4. The molecular formula is C24H24Cl2N4O3. The van der Waals surface area contributed by atoms with Crippen molar-refractivity contribution in [3.63, 3.8) is 0 Å². The van der Waals surface area contributed by atoms with Gasteiger partial charge in [0.15, 0.2) is 0 Å². The van der Waals surface area contributed by atoms with E-state index in [0.717, 1.165) is 16.5 Å². The fraction of sp³-hybridized carbons (Fsp3) is 0.292. The Morgan fingerprint density at radius 2 is 2.00 bits per heavy atom. The van der Waals surface area contributed by atoms with E-state index in [0.29, 0.717) is 28.6 Å². The SMILES string of the molecule is CCOC(=O)CCc1cn(C[C@@](O)(Cn2cncn2)c2ccc(Cl)cc2Cl)c2ccccc12. The predicted molar refractivity (Wildman–Crippen MR) is 127 cm³/mol. The van der Waals surface area contributed by atoms with Crippen molar-refractivity contribution in [2.45, 2.75) is 38.5 Å². The molecule has 0 saturated heterocycles. The van der Waals surface area contributed by atoms with E-state index in [4.69, 9.17) is 27.9 Å². The molecule has 0 amide bonds. The lowest BCUT2D eigenvalue weighted by molar-refractivity contribution is -0.143. The van der Waals surface area contributed by atoms with Gasteiger partial charge in [-0.2, -0.15) is 5.10 Å². The fourth-order valence-corrected chi connectivity index (χ4v) is 4.66. The summed E-state index contributed by atoms with van der Waals surface area (Å²) >= 11 is 12.6. The van der Waals surface area contributed by atoms with E-state index in [-0.39, 0.29) is 25.5 Å². The Labute approximate surface area is 201 Å². The maximum atomic E-state index is 11.9. The third-order valence-corrected chi connectivity index (χ3v) is 6.08. The highest BCUT2D eigenvalue weighted by Gasteiger charge is 2.34. The van der Waals surface area contributed by atoms with Gasteiger partial charge in [0.2, 0.25) is 0 Å². The number of carbonyl (C=O) groups excluding carboxylic acids is 1. The predicted octanol–water partition coefficient (Wildman–Crippen LogP) is 4.62. The molecule has 0 unspecified atom stereocenters. The van der Waals surface area contributed by atoms with E-state index in [1.807, 2.05) is 35.0 Å². The summed E-state index contributed by atoms with van der Waals surface area (Å²) < 4.78 is 8.63. The summed E-state index contributed by atoms with van der Waals surface area (Å²) in [6.07, 6.45) is 5.76. The Hall–Kier alpha value is -2.87. The Morgan fingerprint density at radius 1 is 1.18 bits per heavy atom. The fourth-order valence-electron chi connectivity index (χ4n) is 4.07. The van der Waals surface area contributed by atoms with E-state index in [1.165, 1.54) is 6.33 Å². The molecule has 0 aliphatic carbocycles. The zero-order valence-electron chi connectivity index (χ0n) is 18.1. The number of fused-ring (bicyclic) bond motifs is 1. The molecule has 0 spiro atoms. The maximum absolute atomic E-state index is 11.9. The number of halogens is 2. The molecule has 0 aliphatic rings. The minimum absolute atomic E-state index is 0.138. The highest BCUT2D eigenvalue weighted by molar-refractivity contribution is 6.35. The number of ether oxygens (including phenoxy) is 1. The molecule has 0 radical (unpaired) electrons. The Balaban J connectivity index is 1.73. The van der Waals surface area contributed by atoms with Crippen LogP contribution >= 0.6 is 23.2 Å². The summed E-state index contributed by atoms with van der Waals surface area (Å²) in [7, 11) is 0. The number of benzene rings is 2. The van der Waals surface area contributed by atoms with E-state index in [9.17, 15) is 9.90 Å². The third-order valence-electron chi connectivity index (χ3n) is 5.53. The van der Waals surface area contributed by atoms with Crippen molar-refractivity contribution in [2.75, 3.05) is 6.61 Å². The Kier molecular flexibility index (Phi) is 7.02. The molecule has 172 valence electrons. The second kappa shape index (κ2) is 9.95. The van der Waals surface area contributed by atoms with E-state index >= 15 is 0 Å². The van der Waals surface area contributed by atoms with E-state index in [2.05, 4.69) is 10.1 Å². The first-order valence-electron chi connectivity index (χ1n) is 10.6. The average Bonchev–Trinajstić information content (AvgIpc) is 3.40. The first-order valence-corrected chi connectivity index (χ1v) is 11.4.